The molecule has 1 N–H and O–H groups in total. The Morgan fingerprint density at radius 1 is 1.29 bits per heavy atom. The highest BCUT2D eigenvalue weighted by Crippen LogP contribution is 2.21. The average Bonchev–Trinajstić information content (AvgIpc) is 2.30. The third-order valence-corrected chi connectivity index (χ3v) is 4.17. The van der Waals surface area contributed by atoms with Crippen molar-refractivity contribution in [1.82, 2.24) is 5.32 Å². The highest BCUT2D eigenvalue weighted by Gasteiger charge is 2.13. The second kappa shape index (κ2) is 10.0. The van der Waals surface area contributed by atoms with Gasteiger partial charge in [-0.25, -0.2) is 0 Å². The molecule has 2 heteroatoms. The lowest BCUT2D eigenvalue weighted by atomic mass is 9.93. The summed E-state index contributed by atoms with van der Waals surface area (Å²) in [5.41, 5.74) is 1.70. The van der Waals surface area contributed by atoms with Gasteiger partial charge in [-0.15, -0.1) is 0 Å². The number of nitrogens with one attached hydrogen (secondary N) is 1. The van der Waals surface area contributed by atoms with Gasteiger partial charge in [-0.1, -0.05) is 31.4 Å². The molecule has 1 nitrogen and oxygen atoms in total. The van der Waals surface area contributed by atoms with Gasteiger partial charge < -0.3 is 5.32 Å². The number of rotatable bonds is 7. The maximum absolute atomic E-state index is 3.74. The van der Waals surface area contributed by atoms with Crippen molar-refractivity contribution in [2.24, 2.45) is 0 Å². The van der Waals surface area contributed by atoms with Crippen molar-refractivity contribution in [2.75, 3.05) is 18.6 Å². The minimum absolute atomic E-state index is 0.653. The Morgan fingerprint density at radius 2 is 2.12 bits per heavy atom. The molecule has 1 atom stereocenters. The fraction of sp³-hybridized carbons (Fsp3) is 0.867. The highest BCUT2D eigenvalue weighted by atomic mass is 32.2. The molecule has 100 valence electrons. The van der Waals surface area contributed by atoms with Crippen LogP contribution in [0.25, 0.3) is 0 Å². The first-order valence-corrected chi connectivity index (χ1v) is 8.69. The van der Waals surface area contributed by atoms with Crippen LogP contribution in [0.5, 0.6) is 0 Å². The van der Waals surface area contributed by atoms with E-state index in [0.717, 1.165) is 6.54 Å². The largest absolute Gasteiger partial charge is 0.310 e. The van der Waals surface area contributed by atoms with Crippen LogP contribution in [0.3, 0.4) is 0 Å². The molecule has 0 spiro atoms. The second-order valence-corrected chi connectivity index (χ2v) is 6.01. The van der Waals surface area contributed by atoms with E-state index >= 15 is 0 Å². The maximum atomic E-state index is 3.74. The molecule has 1 unspecified atom stereocenters. The van der Waals surface area contributed by atoms with Crippen LogP contribution in [0.15, 0.2) is 11.6 Å². The van der Waals surface area contributed by atoms with Crippen LogP contribution < -0.4 is 5.32 Å². The monoisotopic (exact) mass is 255 g/mol. The Kier molecular flexibility index (Phi) is 8.90. The summed E-state index contributed by atoms with van der Waals surface area (Å²) >= 11 is 1.97. The van der Waals surface area contributed by atoms with Gasteiger partial charge in [0.1, 0.15) is 0 Å². The van der Waals surface area contributed by atoms with Gasteiger partial charge in [0.2, 0.25) is 0 Å². The zero-order chi connectivity index (χ0) is 12.3. The fourth-order valence-electron chi connectivity index (χ4n) is 2.51. The zero-order valence-corrected chi connectivity index (χ0v) is 12.5. The summed E-state index contributed by atoms with van der Waals surface area (Å²) in [6.07, 6.45) is 15.6. The molecule has 0 heterocycles. The summed E-state index contributed by atoms with van der Waals surface area (Å²) < 4.78 is 0. The van der Waals surface area contributed by atoms with Gasteiger partial charge in [-0.05, 0) is 57.1 Å². The molecule has 1 aliphatic rings. The van der Waals surface area contributed by atoms with Crippen molar-refractivity contribution in [3.63, 3.8) is 0 Å². The van der Waals surface area contributed by atoms with E-state index in [-0.39, 0.29) is 0 Å². The summed E-state index contributed by atoms with van der Waals surface area (Å²) in [6, 6.07) is 0.653. The molecule has 0 saturated carbocycles. The summed E-state index contributed by atoms with van der Waals surface area (Å²) in [5.74, 6) is 1.28. The van der Waals surface area contributed by atoms with E-state index in [2.05, 4.69) is 24.6 Å². The van der Waals surface area contributed by atoms with Gasteiger partial charge in [0.25, 0.3) is 0 Å². The topological polar surface area (TPSA) is 12.0 Å². The minimum atomic E-state index is 0.653. The van der Waals surface area contributed by atoms with Crippen LogP contribution in [0.1, 0.15) is 58.3 Å². The van der Waals surface area contributed by atoms with Gasteiger partial charge in [-0.3, -0.25) is 0 Å². The average molecular weight is 255 g/mol. The van der Waals surface area contributed by atoms with Crippen molar-refractivity contribution in [3.05, 3.63) is 11.6 Å². The van der Waals surface area contributed by atoms with Gasteiger partial charge in [0, 0.05) is 6.04 Å². The molecule has 0 saturated heterocycles. The molecular weight excluding hydrogens is 226 g/mol. The Hall–Kier alpha value is 0.0500. The van der Waals surface area contributed by atoms with Crippen LogP contribution in [-0.2, 0) is 0 Å². The lowest BCUT2D eigenvalue weighted by molar-refractivity contribution is 0.517. The van der Waals surface area contributed by atoms with E-state index in [4.69, 9.17) is 0 Å². The zero-order valence-electron chi connectivity index (χ0n) is 11.6. The minimum Gasteiger partial charge on any atom is -0.310 e. The summed E-state index contributed by atoms with van der Waals surface area (Å²) in [4.78, 5) is 0. The highest BCUT2D eigenvalue weighted by molar-refractivity contribution is 7.98. The lowest BCUT2D eigenvalue weighted by Gasteiger charge is -2.23. The first kappa shape index (κ1) is 15.1. The molecular formula is C15H29NS. The van der Waals surface area contributed by atoms with Crippen molar-refractivity contribution >= 4 is 11.8 Å². The van der Waals surface area contributed by atoms with Crippen molar-refractivity contribution < 1.29 is 0 Å². The van der Waals surface area contributed by atoms with Crippen LogP contribution in [0.2, 0.25) is 0 Å². The third kappa shape index (κ3) is 6.52. The molecule has 1 aliphatic carbocycles. The van der Waals surface area contributed by atoms with E-state index in [1.54, 1.807) is 5.57 Å². The van der Waals surface area contributed by atoms with Gasteiger partial charge in [0.05, 0.1) is 0 Å². The SMILES string of the molecule is CCCNC(CCSC)C1=CCCCCCC1. The van der Waals surface area contributed by atoms with Crippen LogP contribution in [-0.4, -0.2) is 24.6 Å². The smallest absolute Gasteiger partial charge is 0.0287 e. The predicted molar refractivity (Wildman–Crippen MR) is 80.9 cm³/mol. The van der Waals surface area contributed by atoms with Crippen molar-refractivity contribution in [2.45, 2.75) is 64.3 Å². The van der Waals surface area contributed by atoms with E-state index in [9.17, 15) is 0 Å². The molecule has 0 aliphatic heterocycles. The fourth-order valence-corrected chi connectivity index (χ4v) is 2.98. The normalized spacial score (nSPS) is 19.3. The summed E-state index contributed by atoms with van der Waals surface area (Å²) in [7, 11) is 0. The molecule has 17 heavy (non-hydrogen) atoms. The Morgan fingerprint density at radius 3 is 2.88 bits per heavy atom. The van der Waals surface area contributed by atoms with Gasteiger partial charge >= 0.3 is 0 Å². The number of thioether (sulfide) groups is 1. The Bertz CT molecular complexity index is 205. The van der Waals surface area contributed by atoms with E-state index in [0.29, 0.717) is 6.04 Å². The molecule has 0 fully saturated rings. The van der Waals surface area contributed by atoms with Gasteiger partial charge in [0.15, 0.2) is 0 Å². The predicted octanol–water partition coefficient (Wildman–Crippen LogP) is 4.39. The standard InChI is InChI=1S/C15H29NS/c1-3-12-16-15(11-13-17-2)14-9-7-5-4-6-8-10-14/h9,15-16H,3-8,10-13H2,1-2H3. The van der Waals surface area contributed by atoms with Crippen LogP contribution in [0.4, 0.5) is 0 Å². The van der Waals surface area contributed by atoms with E-state index in [1.807, 2.05) is 11.8 Å². The number of hydrogen-bond donors (Lipinski definition) is 1. The Balaban J connectivity index is 2.51. The molecule has 0 bridgehead atoms. The molecule has 0 radical (unpaired) electrons. The first-order valence-electron chi connectivity index (χ1n) is 7.29. The molecule has 0 aromatic carbocycles. The molecule has 0 aromatic rings. The number of hydrogen-bond acceptors (Lipinski definition) is 2. The van der Waals surface area contributed by atoms with E-state index < -0.39 is 0 Å². The molecule has 0 aromatic heterocycles. The first-order chi connectivity index (χ1) is 8.38. The van der Waals surface area contributed by atoms with Crippen molar-refractivity contribution in [3.8, 4) is 0 Å². The maximum Gasteiger partial charge on any atom is 0.0287 e. The second-order valence-electron chi connectivity index (χ2n) is 5.02. The van der Waals surface area contributed by atoms with Crippen LogP contribution >= 0.6 is 11.8 Å². The lowest BCUT2D eigenvalue weighted by Crippen LogP contribution is -2.32. The van der Waals surface area contributed by atoms with Crippen molar-refractivity contribution in [1.29, 1.82) is 0 Å². The summed E-state index contributed by atoms with van der Waals surface area (Å²) in [6.45, 7) is 3.42. The Labute approximate surface area is 112 Å². The number of allylic oxidation sites excluding steroid dienone is 1. The quantitative estimate of drug-likeness (QED) is 0.677. The molecule has 1 rings (SSSR count). The van der Waals surface area contributed by atoms with Crippen LogP contribution in [0, 0.1) is 0 Å². The molecule has 0 amide bonds. The van der Waals surface area contributed by atoms with Gasteiger partial charge in [-0.2, -0.15) is 11.8 Å². The van der Waals surface area contributed by atoms with E-state index in [1.165, 1.54) is 57.1 Å². The summed E-state index contributed by atoms with van der Waals surface area (Å²) in [5, 5.41) is 3.74. The third-order valence-electron chi connectivity index (χ3n) is 3.53.